The number of ether oxygens (including phenoxy) is 1. The van der Waals surface area contributed by atoms with E-state index >= 15 is 0 Å². The number of fused-ring (bicyclic) bond motifs is 1. The molecule has 33 heavy (non-hydrogen) atoms. The van der Waals surface area contributed by atoms with Crippen molar-refractivity contribution in [2.75, 3.05) is 4.90 Å². The van der Waals surface area contributed by atoms with Gasteiger partial charge < -0.3 is 4.74 Å². The summed E-state index contributed by atoms with van der Waals surface area (Å²) in [7, 11) is 0. The van der Waals surface area contributed by atoms with E-state index < -0.39 is 0 Å². The lowest BCUT2D eigenvalue weighted by atomic mass is 10.1. The molecule has 0 saturated carbocycles. The van der Waals surface area contributed by atoms with Gasteiger partial charge in [0.15, 0.2) is 4.32 Å². The maximum absolute atomic E-state index is 13.0. The van der Waals surface area contributed by atoms with Gasteiger partial charge in [-0.2, -0.15) is 0 Å². The summed E-state index contributed by atoms with van der Waals surface area (Å²) in [6, 6.07) is 29.3. The number of thioether (sulfide) groups is 1. The summed E-state index contributed by atoms with van der Waals surface area (Å²) < 4.78 is 6.57. The van der Waals surface area contributed by atoms with Gasteiger partial charge in [0.1, 0.15) is 12.4 Å². The second kappa shape index (κ2) is 9.40. The number of hydrogen-bond donors (Lipinski definition) is 0. The Balaban J connectivity index is 1.35. The molecular formula is C27H18ClNO2S2. The Morgan fingerprint density at radius 2 is 1.73 bits per heavy atom. The first-order chi connectivity index (χ1) is 16.1. The monoisotopic (exact) mass is 487 g/mol. The van der Waals surface area contributed by atoms with Crippen molar-refractivity contribution in [1.29, 1.82) is 0 Å². The minimum absolute atomic E-state index is 0.158. The third kappa shape index (κ3) is 4.67. The number of rotatable bonds is 5. The number of amides is 1. The van der Waals surface area contributed by atoms with E-state index in [2.05, 4.69) is 24.3 Å². The number of halogens is 1. The molecule has 5 rings (SSSR count). The Hall–Kier alpha value is -3.12. The Morgan fingerprint density at radius 3 is 2.61 bits per heavy atom. The molecule has 1 amide bonds. The SMILES string of the molecule is O=C1/C(=C\c2cccc(OCc3cccc4ccccc34)c2)SC(=S)N1c1cccc(Cl)c1. The van der Waals surface area contributed by atoms with Crippen molar-refractivity contribution in [1.82, 2.24) is 0 Å². The zero-order chi connectivity index (χ0) is 22.8. The van der Waals surface area contributed by atoms with E-state index in [4.69, 9.17) is 28.6 Å². The Bertz CT molecular complexity index is 1410. The molecule has 0 atom stereocenters. The van der Waals surface area contributed by atoms with E-state index in [0.717, 1.165) is 16.9 Å². The number of nitrogens with zero attached hydrogens (tertiary/aromatic N) is 1. The van der Waals surface area contributed by atoms with Crippen LogP contribution in [0.5, 0.6) is 5.75 Å². The largest absolute Gasteiger partial charge is 0.489 e. The molecule has 4 aromatic rings. The van der Waals surface area contributed by atoms with Gasteiger partial charge in [-0.3, -0.25) is 9.69 Å². The maximum atomic E-state index is 13.0. The molecule has 0 radical (unpaired) electrons. The van der Waals surface area contributed by atoms with Crippen LogP contribution in [0.15, 0.2) is 95.9 Å². The van der Waals surface area contributed by atoms with E-state index in [9.17, 15) is 4.79 Å². The molecule has 1 saturated heterocycles. The van der Waals surface area contributed by atoms with E-state index in [-0.39, 0.29) is 5.91 Å². The van der Waals surface area contributed by atoms with E-state index in [1.807, 2.05) is 54.6 Å². The molecule has 1 heterocycles. The fourth-order valence-electron chi connectivity index (χ4n) is 3.73. The van der Waals surface area contributed by atoms with Gasteiger partial charge in [0.05, 0.1) is 10.6 Å². The van der Waals surface area contributed by atoms with Crippen molar-refractivity contribution in [3.63, 3.8) is 0 Å². The van der Waals surface area contributed by atoms with Gasteiger partial charge in [0, 0.05) is 5.02 Å². The first-order valence-electron chi connectivity index (χ1n) is 10.3. The number of carbonyl (C=O) groups excluding carboxylic acids is 1. The first kappa shape index (κ1) is 21.7. The topological polar surface area (TPSA) is 29.5 Å². The number of hydrogen-bond acceptors (Lipinski definition) is 4. The zero-order valence-corrected chi connectivity index (χ0v) is 19.8. The summed E-state index contributed by atoms with van der Waals surface area (Å²) in [5.74, 6) is 0.580. The van der Waals surface area contributed by atoms with Crippen LogP contribution in [0.4, 0.5) is 5.69 Å². The van der Waals surface area contributed by atoms with Gasteiger partial charge in [0.2, 0.25) is 0 Å². The zero-order valence-electron chi connectivity index (χ0n) is 17.4. The summed E-state index contributed by atoms with van der Waals surface area (Å²) in [5.41, 5.74) is 2.67. The minimum atomic E-state index is -0.158. The Labute approximate surface area is 206 Å². The average Bonchev–Trinajstić information content (AvgIpc) is 3.10. The molecule has 0 bridgehead atoms. The molecule has 0 spiro atoms. The van der Waals surface area contributed by atoms with Crippen LogP contribution < -0.4 is 9.64 Å². The fraction of sp³-hybridized carbons (Fsp3) is 0.0370. The van der Waals surface area contributed by atoms with Crippen LogP contribution in [-0.4, -0.2) is 10.2 Å². The van der Waals surface area contributed by atoms with Crippen LogP contribution in [0.25, 0.3) is 16.8 Å². The summed E-state index contributed by atoms with van der Waals surface area (Å²) in [5, 5.41) is 2.93. The lowest BCUT2D eigenvalue weighted by Gasteiger charge is -2.14. The quantitative estimate of drug-likeness (QED) is 0.215. The predicted octanol–water partition coefficient (Wildman–Crippen LogP) is 7.48. The number of thiocarbonyl (C=S) groups is 1. The smallest absolute Gasteiger partial charge is 0.270 e. The second-order valence-electron chi connectivity index (χ2n) is 7.50. The van der Waals surface area contributed by atoms with Gasteiger partial charge in [-0.05, 0) is 58.3 Å². The van der Waals surface area contributed by atoms with Gasteiger partial charge in [0.25, 0.3) is 5.91 Å². The Kier molecular flexibility index (Phi) is 6.18. The van der Waals surface area contributed by atoms with Crippen molar-refractivity contribution < 1.29 is 9.53 Å². The fourth-order valence-corrected chi connectivity index (χ4v) is 5.21. The maximum Gasteiger partial charge on any atom is 0.270 e. The number of anilines is 1. The summed E-state index contributed by atoms with van der Waals surface area (Å²) >= 11 is 12.8. The van der Waals surface area contributed by atoms with Crippen LogP contribution in [0, 0.1) is 0 Å². The third-order valence-electron chi connectivity index (χ3n) is 5.29. The molecule has 6 heteroatoms. The minimum Gasteiger partial charge on any atom is -0.489 e. The molecule has 162 valence electrons. The van der Waals surface area contributed by atoms with E-state index in [1.54, 1.807) is 18.2 Å². The first-order valence-corrected chi connectivity index (χ1v) is 11.9. The predicted molar refractivity (Wildman–Crippen MR) is 142 cm³/mol. The summed E-state index contributed by atoms with van der Waals surface area (Å²) in [4.78, 5) is 15.1. The average molecular weight is 488 g/mol. The van der Waals surface area contributed by atoms with Crippen molar-refractivity contribution in [2.24, 2.45) is 0 Å². The molecule has 4 aromatic carbocycles. The van der Waals surface area contributed by atoms with Crippen LogP contribution in [-0.2, 0) is 11.4 Å². The third-order valence-corrected chi connectivity index (χ3v) is 6.83. The molecule has 1 aliphatic rings. The van der Waals surface area contributed by atoms with Crippen molar-refractivity contribution >= 4 is 68.3 Å². The van der Waals surface area contributed by atoms with Crippen molar-refractivity contribution in [3.8, 4) is 5.75 Å². The van der Waals surface area contributed by atoms with Gasteiger partial charge in [-0.15, -0.1) is 0 Å². The normalized spacial score (nSPS) is 14.9. The van der Waals surface area contributed by atoms with Gasteiger partial charge in [-0.1, -0.05) is 96.2 Å². The highest BCUT2D eigenvalue weighted by atomic mass is 35.5. The highest BCUT2D eigenvalue weighted by Gasteiger charge is 2.33. The molecule has 0 N–H and O–H groups in total. The van der Waals surface area contributed by atoms with Crippen LogP contribution in [0.3, 0.4) is 0 Å². The summed E-state index contributed by atoms with van der Waals surface area (Å²) in [6.45, 7) is 0.460. The molecule has 1 aliphatic heterocycles. The number of benzene rings is 4. The lowest BCUT2D eigenvalue weighted by Crippen LogP contribution is -2.27. The molecule has 3 nitrogen and oxygen atoms in total. The lowest BCUT2D eigenvalue weighted by molar-refractivity contribution is -0.113. The van der Waals surface area contributed by atoms with Gasteiger partial charge in [-0.25, -0.2) is 0 Å². The van der Waals surface area contributed by atoms with E-state index in [1.165, 1.54) is 27.4 Å². The molecule has 0 unspecified atom stereocenters. The highest BCUT2D eigenvalue weighted by Crippen LogP contribution is 2.37. The van der Waals surface area contributed by atoms with Crippen LogP contribution >= 0.6 is 35.6 Å². The Morgan fingerprint density at radius 1 is 0.939 bits per heavy atom. The van der Waals surface area contributed by atoms with E-state index in [0.29, 0.717) is 26.5 Å². The molecular weight excluding hydrogens is 470 g/mol. The second-order valence-corrected chi connectivity index (χ2v) is 9.61. The molecule has 0 aliphatic carbocycles. The standard InChI is InChI=1S/C27H18ClNO2S2/c28-21-10-5-11-22(16-21)29-26(30)25(33-27(29)32)15-18-6-3-12-23(14-18)31-17-20-9-4-8-19-7-1-2-13-24(19)20/h1-16H,17H2/b25-15+. The van der Waals surface area contributed by atoms with Crippen LogP contribution in [0.1, 0.15) is 11.1 Å². The van der Waals surface area contributed by atoms with Gasteiger partial charge >= 0.3 is 0 Å². The van der Waals surface area contributed by atoms with Crippen molar-refractivity contribution in [2.45, 2.75) is 6.61 Å². The molecule has 1 fully saturated rings. The van der Waals surface area contributed by atoms with Crippen molar-refractivity contribution in [3.05, 3.63) is 112 Å². The summed E-state index contributed by atoms with van der Waals surface area (Å²) in [6.07, 6.45) is 1.84. The molecule has 0 aromatic heterocycles. The van der Waals surface area contributed by atoms with Crippen LogP contribution in [0.2, 0.25) is 5.02 Å². The highest BCUT2D eigenvalue weighted by molar-refractivity contribution is 8.27. The number of carbonyl (C=O) groups is 1.